The van der Waals surface area contributed by atoms with Crippen LogP contribution in [-0.2, 0) is 6.42 Å². The van der Waals surface area contributed by atoms with E-state index in [0.717, 1.165) is 6.42 Å². The number of hydrogen-bond donors (Lipinski definition) is 1. The molecule has 0 saturated carbocycles. The second kappa shape index (κ2) is 14.1. The van der Waals surface area contributed by atoms with E-state index in [2.05, 4.69) is 18.2 Å². The molecule has 21 heavy (non-hydrogen) atoms. The van der Waals surface area contributed by atoms with Gasteiger partial charge < -0.3 is 5.11 Å². The van der Waals surface area contributed by atoms with Gasteiger partial charge in [0.1, 0.15) is 0 Å². The predicted molar refractivity (Wildman–Crippen MR) is 91.5 cm³/mol. The lowest BCUT2D eigenvalue weighted by Crippen LogP contribution is -1.86. The summed E-state index contributed by atoms with van der Waals surface area (Å²) in [5.74, 6) is 0. The van der Waals surface area contributed by atoms with E-state index < -0.39 is 0 Å². The first-order valence-corrected chi connectivity index (χ1v) is 9.00. The summed E-state index contributed by atoms with van der Waals surface area (Å²) < 4.78 is 0. The molecule has 1 rings (SSSR count). The minimum atomic E-state index is 0.363. The predicted octanol–water partition coefficient (Wildman–Crippen LogP) is 5.70. The Morgan fingerprint density at radius 3 is 1.67 bits per heavy atom. The quantitative estimate of drug-likeness (QED) is 0.435. The summed E-state index contributed by atoms with van der Waals surface area (Å²) in [6.45, 7) is 0.363. The van der Waals surface area contributed by atoms with Gasteiger partial charge in [-0.25, -0.2) is 0 Å². The van der Waals surface area contributed by atoms with Crippen LogP contribution in [0.5, 0.6) is 0 Å². The highest BCUT2D eigenvalue weighted by Crippen LogP contribution is 2.13. The summed E-state index contributed by atoms with van der Waals surface area (Å²) in [6, 6.07) is 11.6. The van der Waals surface area contributed by atoms with Gasteiger partial charge in [-0.2, -0.15) is 0 Å². The third-order valence-corrected chi connectivity index (χ3v) is 4.13. The van der Waals surface area contributed by atoms with E-state index in [1.165, 1.54) is 82.6 Å². The molecule has 0 amide bonds. The number of aliphatic hydroxyl groups is 1. The van der Waals surface area contributed by atoms with Crippen molar-refractivity contribution in [1.82, 2.24) is 0 Å². The van der Waals surface area contributed by atoms with Crippen molar-refractivity contribution in [1.29, 1.82) is 0 Å². The maximum absolute atomic E-state index is 8.69. The van der Waals surface area contributed by atoms with Gasteiger partial charge in [-0.05, 0) is 30.9 Å². The summed E-state index contributed by atoms with van der Waals surface area (Å²) >= 11 is 0. The molecule has 1 nitrogen and oxygen atoms in total. The first-order valence-electron chi connectivity index (χ1n) is 9.00. The van der Waals surface area contributed by atoms with Gasteiger partial charge in [0.25, 0.3) is 0 Å². The Labute approximate surface area is 131 Å². The zero-order chi connectivity index (χ0) is 15.0. The van der Waals surface area contributed by atoms with Crippen LogP contribution in [-0.4, -0.2) is 11.7 Å². The molecule has 1 aromatic carbocycles. The van der Waals surface area contributed by atoms with E-state index in [1.54, 1.807) is 0 Å². The molecule has 1 N–H and O–H groups in total. The van der Waals surface area contributed by atoms with Gasteiger partial charge in [0.2, 0.25) is 0 Å². The molecule has 0 aromatic heterocycles. The first kappa shape index (κ1) is 18.2. The Hall–Kier alpha value is -0.820. The molecular weight excluding hydrogens is 256 g/mol. The Kier molecular flexibility index (Phi) is 12.3. The second-order valence-electron chi connectivity index (χ2n) is 6.10. The van der Waals surface area contributed by atoms with Crippen molar-refractivity contribution in [3.8, 4) is 0 Å². The summed E-state index contributed by atoms with van der Waals surface area (Å²) in [7, 11) is 0. The summed E-state index contributed by atoms with van der Waals surface area (Å²) in [5.41, 5.74) is 1.36. The SMILES string of the molecule is OCCCCCCCCCCCCCCc1[c]cccc1. The highest BCUT2D eigenvalue weighted by molar-refractivity contribution is 5.12. The lowest BCUT2D eigenvalue weighted by atomic mass is 10.0. The minimum Gasteiger partial charge on any atom is -0.396 e. The molecule has 0 aliphatic rings. The molecule has 0 aliphatic heterocycles. The van der Waals surface area contributed by atoms with E-state index in [-0.39, 0.29) is 0 Å². The summed E-state index contributed by atoms with van der Waals surface area (Å²) in [6.07, 6.45) is 17.1. The summed E-state index contributed by atoms with van der Waals surface area (Å²) in [4.78, 5) is 0. The molecule has 0 saturated heterocycles. The molecule has 0 aliphatic carbocycles. The van der Waals surface area contributed by atoms with Crippen molar-refractivity contribution < 1.29 is 5.11 Å². The molecule has 0 bridgehead atoms. The van der Waals surface area contributed by atoms with Gasteiger partial charge in [0.05, 0.1) is 0 Å². The molecule has 119 valence electrons. The number of unbranched alkanes of at least 4 members (excludes halogenated alkanes) is 11. The Morgan fingerprint density at radius 2 is 1.19 bits per heavy atom. The molecule has 0 fully saturated rings. The van der Waals surface area contributed by atoms with E-state index >= 15 is 0 Å². The van der Waals surface area contributed by atoms with Crippen LogP contribution in [0, 0.1) is 6.07 Å². The largest absolute Gasteiger partial charge is 0.396 e. The monoisotopic (exact) mass is 289 g/mol. The second-order valence-corrected chi connectivity index (χ2v) is 6.10. The molecule has 1 aromatic rings. The number of aliphatic hydroxyl groups excluding tert-OH is 1. The van der Waals surface area contributed by atoms with Crippen molar-refractivity contribution in [2.75, 3.05) is 6.61 Å². The normalized spacial score (nSPS) is 10.9. The van der Waals surface area contributed by atoms with Crippen LogP contribution in [0.15, 0.2) is 24.3 Å². The molecule has 0 spiro atoms. The molecule has 0 heterocycles. The van der Waals surface area contributed by atoms with E-state index in [9.17, 15) is 0 Å². The fourth-order valence-electron chi connectivity index (χ4n) is 2.78. The smallest absolute Gasteiger partial charge is 0.0431 e. The van der Waals surface area contributed by atoms with Crippen molar-refractivity contribution in [3.63, 3.8) is 0 Å². The van der Waals surface area contributed by atoms with E-state index in [4.69, 9.17) is 5.11 Å². The van der Waals surface area contributed by atoms with Gasteiger partial charge >= 0.3 is 0 Å². The Balaban J connectivity index is 1.75. The maximum Gasteiger partial charge on any atom is 0.0431 e. The average Bonchev–Trinajstić information content (AvgIpc) is 2.53. The molecule has 1 radical (unpaired) electrons. The maximum atomic E-state index is 8.69. The number of aryl methyl sites for hydroxylation is 1. The number of benzene rings is 1. The van der Waals surface area contributed by atoms with Gasteiger partial charge in [0.15, 0.2) is 0 Å². The van der Waals surface area contributed by atoms with Gasteiger partial charge in [-0.15, -0.1) is 0 Å². The highest BCUT2D eigenvalue weighted by atomic mass is 16.2. The third-order valence-electron chi connectivity index (χ3n) is 4.13. The fraction of sp³-hybridized carbons (Fsp3) is 0.700. The number of hydrogen-bond acceptors (Lipinski definition) is 1. The zero-order valence-corrected chi connectivity index (χ0v) is 13.7. The van der Waals surface area contributed by atoms with Crippen LogP contribution in [0.2, 0.25) is 0 Å². The molecule has 0 unspecified atom stereocenters. The molecular formula is C20H33O. The average molecular weight is 289 g/mol. The zero-order valence-electron chi connectivity index (χ0n) is 13.7. The van der Waals surface area contributed by atoms with Crippen molar-refractivity contribution >= 4 is 0 Å². The lowest BCUT2D eigenvalue weighted by Gasteiger charge is -2.03. The van der Waals surface area contributed by atoms with Crippen molar-refractivity contribution in [2.45, 2.75) is 83.5 Å². The summed E-state index contributed by atoms with van der Waals surface area (Å²) in [5, 5.41) is 8.69. The third kappa shape index (κ3) is 11.5. The van der Waals surface area contributed by atoms with Crippen LogP contribution < -0.4 is 0 Å². The fourth-order valence-corrected chi connectivity index (χ4v) is 2.78. The molecule has 0 atom stereocenters. The van der Waals surface area contributed by atoms with Gasteiger partial charge in [-0.3, -0.25) is 0 Å². The standard InChI is InChI=1S/C20H33O/c21-19-15-10-8-6-4-2-1-3-5-7-9-12-16-20-17-13-11-14-18-20/h11,13-14,17,21H,1-10,12,15-16,19H2. The first-order chi connectivity index (χ1) is 10.4. The van der Waals surface area contributed by atoms with Crippen LogP contribution in [0.3, 0.4) is 0 Å². The minimum absolute atomic E-state index is 0.363. The van der Waals surface area contributed by atoms with E-state index in [1.807, 2.05) is 12.1 Å². The van der Waals surface area contributed by atoms with Crippen LogP contribution >= 0.6 is 0 Å². The number of rotatable bonds is 14. The van der Waals surface area contributed by atoms with E-state index in [0.29, 0.717) is 6.61 Å². The van der Waals surface area contributed by atoms with Crippen LogP contribution in [0.1, 0.15) is 82.6 Å². The Bertz CT molecular complexity index is 307. The lowest BCUT2D eigenvalue weighted by molar-refractivity contribution is 0.282. The van der Waals surface area contributed by atoms with Crippen molar-refractivity contribution in [3.05, 3.63) is 35.9 Å². The van der Waals surface area contributed by atoms with Crippen molar-refractivity contribution in [2.24, 2.45) is 0 Å². The molecule has 1 heteroatoms. The Morgan fingerprint density at radius 1 is 0.667 bits per heavy atom. The van der Waals surface area contributed by atoms with Crippen LogP contribution in [0.4, 0.5) is 0 Å². The topological polar surface area (TPSA) is 20.2 Å². The van der Waals surface area contributed by atoms with Gasteiger partial charge in [0, 0.05) is 6.61 Å². The highest BCUT2D eigenvalue weighted by Gasteiger charge is 1.95. The van der Waals surface area contributed by atoms with Crippen LogP contribution in [0.25, 0.3) is 0 Å². The van der Waals surface area contributed by atoms with Gasteiger partial charge in [-0.1, -0.05) is 88.5 Å².